The van der Waals surface area contributed by atoms with Crippen LogP contribution in [0.2, 0.25) is 5.02 Å². The van der Waals surface area contributed by atoms with Gasteiger partial charge in [-0.1, -0.05) is 41.9 Å². The summed E-state index contributed by atoms with van der Waals surface area (Å²) in [4.78, 5) is 42.3. The average molecular weight is 503 g/mol. The lowest BCUT2D eigenvalue weighted by Gasteiger charge is -2.11. The number of nitrogens with one attached hydrogen (secondary N) is 1. The molecule has 10 heteroatoms. The van der Waals surface area contributed by atoms with Crippen LogP contribution in [0.25, 0.3) is 16.2 Å². The van der Waals surface area contributed by atoms with E-state index >= 15 is 0 Å². The van der Waals surface area contributed by atoms with Crippen molar-refractivity contribution < 1.29 is 14.5 Å². The Kier molecular flexibility index (Phi) is 5.86. The van der Waals surface area contributed by atoms with Gasteiger partial charge in [-0.2, -0.15) is 0 Å². The van der Waals surface area contributed by atoms with E-state index < -0.39 is 16.6 Å². The van der Waals surface area contributed by atoms with E-state index in [0.29, 0.717) is 5.69 Å². The minimum absolute atomic E-state index is 0.0584. The molecular formula is C25H15ClN4O4S. The highest BCUT2D eigenvalue weighted by Crippen LogP contribution is 2.28. The van der Waals surface area contributed by atoms with Gasteiger partial charge in [0.1, 0.15) is 5.02 Å². The lowest BCUT2D eigenvalue weighted by molar-refractivity contribution is -0.384. The zero-order chi connectivity index (χ0) is 24.5. The van der Waals surface area contributed by atoms with Crippen LogP contribution in [0.15, 0.2) is 84.5 Å². The van der Waals surface area contributed by atoms with Gasteiger partial charge in [0.15, 0.2) is 10.7 Å². The molecule has 5 aromatic rings. The first kappa shape index (κ1) is 22.5. The summed E-state index contributed by atoms with van der Waals surface area (Å²) in [5.41, 5.74) is 2.08. The molecule has 1 N–H and O–H groups in total. The molecule has 0 fully saturated rings. The molecule has 0 saturated carbocycles. The summed E-state index contributed by atoms with van der Waals surface area (Å²) in [6, 6.07) is 17.3. The molecule has 0 aliphatic carbocycles. The van der Waals surface area contributed by atoms with Crippen molar-refractivity contribution >= 4 is 51.0 Å². The number of rotatable bonds is 6. The van der Waals surface area contributed by atoms with Crippen LogP contribution in [0.4, 0.5) is 11.4 Å². The Balaban J connectivity index is 1.43. The predicted octanol–water partition coefficient (Wildman–Crippen LogP) is 6.11. The van der Waals surface area contributed by atoms with Crippen LogP contribution in [-0.2, 0) is 0 Å². The lowest BCUT2D eigenvalue weighted by atomic mass is 9.97. The summed E-state index contributed by atoms with van der Waals surface area (Å²) in [5, 5.41) is 15.9. The van der Waals surface area contributed by atoms with Crippen molar-refractivity contribution in [2.24, 2.45) is 0 Å². The SMILES string of the molecule is O=C(Nc1cccc(-c2cn3ccsc3n2)c1)c1ccccc1C(=O)c1ccc(Cl)c([N+](=O)[O-])c1. The number of carbonyl (C=O) groups excluding carboxylic acids is 2. The molecule has 2 aromatic heterocycles. The van der Waals surface area contributed by atoms with Crippen molar-refractivity contribution in [3.05, 3.63) is 116 Å². The van der Waals surface area contributed by atoms with E-state index in [2.05, 4.69) is 10.3 Å². The van der Waals surface area contributed by atoms with Crippen molar-refractivity contribution in [2.45, 2.75) is 0 Å². The molecule has 35 heavy (non-hydrogen) atoms. The largest absolute Gasteiger partial charge is 0.322 e. The second kappa shape index (κ2) is 9.13. The summed E-state index contributed by atoms with van der Waals surface area (Å²) in [6.45, 7) is 0. The fourth-order valence-electron chi connectivity index (χ4n) is 3.65. The quantitative estimate of drug-likeness (QED) is 0.171. The van der Waals surface area contributed by atoms with Crippen molar-refractivity contribution in [3.63, 3.8) is 0 Å². The Bertz CT molecular complexity index is 1600. The standard InChI is InChI=1S/C25H15ClN4O4S/c26-20-9-8-16(13-22(20)30(33)34)23(31)18-6-1-2-7-19(18)24(32)27-17-5-3-4-15(12-17)21-14-29-10-11-35-25(29)28-21/h1-14H,(H,27,32). The average Bonchev–Trinajstić information content (AvgIpc) is 3.47. The molecule has 0 aliphatic rings. The number of hydrogen-bond donors (Lipinski definition) is 1. The number of imidazole rings is 1. The summed E-state index contributed by atoms with van der Waals surface area (Å²) in [6.07, 6.45) is 3.83. The molecule has 0 atom stereocenters. The maximum absolute atomic E-state index is 13.2. The highest BCUT2D eigenvalue weighted by atomic mass is 35.5. The number of fused-ring (bicyclic) bond motifs is 1. The molecule has 172 valence electrons. The van der Waals surface area contributed by atoms with Crippen LogP contribution < -0.4 is 5.32 Å². The van der Waals surface area contributed by atoms with E-state index in [1.807, 2.05) is 34.3 Å². The molecule has 0 bridgehead atoms. The Morgan fingerprint density at radius 3 is 2.60 bits per heavy atom. The van der Waals surface area contributed by atoms with Gasteiger partial charge in [-0.15, -0.1) is 11.3 Å². The second-order valence-electron chi connectivity index (χ2n) is 7.55. The third-order valence-electron chi connectivity index (χ3n) is 5.33. The molecular weight excluding hydrogens is 488 g/mol. The fraction of sp³-hybridized carbons (Fsp3) is 0. The topological polar surface area (TPSA) is 107 Å². The van der Waals surface area contributed by atoms with Gasteiger partial charge in [0.2, 0.25) is 0 Å². The predicted molar refractivity (Wildman–Crippen MR) is 134 cm³/mol. The van der Waals surface area contributed by atoms with Crippen LogP contribution >= 0.6 is 22.9 Å². The molecule has 3 aromatic carbocycles. The van der Waals surface area contributed by atoms with Crippen molar-refractivity contribution in [1.29, 1.82) is 0 Å². The van der Waals surface area contributed by atoms with Gasteiger partial charge in [-0.3, -0.25) is 24.1 Å². The number of nitro benzene ring substituents is 1. The number of benzene rings is 3. The van der Waals surface area contributed by atoms with Gasteiger partial charge in [-0.05, 0) is 30.3 Å². The van der Waals surface area contributed by atoms with E-state index in [4.69, 9.17) is 11.6 Å². The number of amides is 1. The lowest BCUT2D eigenvalue weighted by Crippen LogP contribution is -2.17. The van der Waals surface area contributed by atoms with Gasteiger partial charge in [0, 0.05) is 46.2 Å². The van der Waals surface area contributed by atoms with E-state index in [1.54, 1.807) is 24.3 Å². The third-order valence-corrected chi connectivity index (χ3v) is 6.42. The van der Waals surface area contributed by atoms with Crippen LogP contribution in [0.3, 0.4) is 0 Å². The van der Waals surface area contributed by atoms with Crippen molar-refractivity contribution in [3.8, 4) is 11.3 Å². The molecule has 0 radical (unpaired) electrons. The summed E-state index contributed by atoms with van der Waals surface area (Å²) >= 11 is 7.39. The first-order chi connectivity index (χ1) is 16.9. The third kappa shape index (κ3) is 4.42. The number of anilines is 1. The zero-order valence-corrected chi connectivity index (χ0v) is 19.4. The number of ketones is 1. The van der Waals surface area contributed by atoms with Crippen molar-refractivity contribution in [2.75, 3.05) is 5.32 Å². The fourth-order valence-corrected chi connectivity index (χ4v) is 4.54. The smallest absolute Gasteiger partial charge is 0.288 e. The zero-order valence-electron chi connectivity index (χ0n) is 17.8. The second-order valence-corrected chi connectivity index (χ2v) is 8.83. The van der Waals surface area contributed by atoms with Gasteiger partial charge in [-0.25, -0.2) is 4.98 Å². The number of halogens is 1. The maximum atomic E-state index is 13.2. The number of nitro groups is 1. The number of thiazole rings is 1. The number of hydrogen-bond acceptors (Lipinski definition) is 6. The number of aromatic nitrogens is 2. The molecule has 5 rings (SSSR count). The molecule has 0 saturated heterocycles. The van der Waals surface area contributed by atoms with E-state index in [9.17, 15) is 19.7 Å². The van der Waals surface area contributed by atoms with Crippen molar-refractivity contribution in [1.82, 2.24) is 9.38 Å². The normalized spacial score (nSPS) is 10.9. The van der Waals surface area contributed by atoms with Gasteiger partial charge in [0.05, 0.1) is 16.2 Å². The monoisotopic (exact) mass is 502 g/mol. The number of carbonyl (C=O) groups is 2. The van der Waals surface area contributed by atoms with Gasteiger partial charge < -0.3 is 5.32 Å². The van der Waals surface area contributed by atoms with Gasteiger partial charge in [0.25, 0.3) is 11.6 Å². The highest BCUT2D eigenvalue weighted by molar-refractivity contribution is 7.15. The Hall–Kier alpha value is -4.34. The number of nitrogens with zero attached hydrogens (tertiary/aromatic N) is 3. The van der Waals surface area contributed by atoms with E-state index in [1.165, 1.54) is 35.6 Å². The molecule has 0 unspecified atom stereocenters. The molecule has 0 spiro atoms. The van der Waals surface area contributed by atoms with Crippen LogP contribution in [0.5, 0.6) is 0 Å². The van der Waals surface area contributed by atoms with Gasteiger partial charge >= 0.3 is 0 Å². The Morgan fingerprint density at radius 1 is 1.03 bits per heavy atom. The maximum Gasteiger partial charge on any atom is 0.288 e. The van der Waals surface area contributed by atoms with Crippen LogP contribution in [0, 0.1) is 10.1 Å². The summed E-state index contributed by atoms with van der Waals surface area (Å²) in [5.74, 6) is -1.01. The Morgan fingerprint density at radius 2 is 1.83 bits per heavy atom. The first-order valence-corrected chi connectivity index (χ1v) is 11.6. The Labute approximate surface area is 207 Å². The minimum atomic E-state index is -0.658. The summed E-state index contributed by atoms with van der Waals surface area (Å²) < 4.78 is 1.92. The first-order valence-electron chi connectivity index (χ1n) is 10.3. The molecule has 1 amide bonds. The van der Waals surface area contributed by atoms with Crippen LogP contribution in [0.1, 0.15) is 26.3 Å². The van der Waals surface area contributed by atoms with Crippen LogP contribution in [-0.4, -0.2) is 26.0 Å². The molecule has 8 nitrogen and oxygen atoms in total. The summed E-state index contributed by atoms with van der Waals surface area (Å²) in [7, 11) is 0. The van der Waals surface area contributed by atoms with E-state index in [0.717, 1.165) is 22.3 Å². The molecule has 2 heterocycles. The molecule has 0 aliphatic heterocycles. The minimum Gasteiger partial charge on any atom is -0.322 e. The van der Waals surface area contributed by atoms with E-state index in [-0.39, 0.29) is 27.4 Å². The highest BCUT2D eigenvalue weighted by Gasteiger charge is 2.21.